The molecule has 0 saturated carbocycles. The number of hydrogen-bond acceptors (Lipinski definition) is 1. The second kappa shape index (κ2) is 3.91. The van der Waals surface area contributed by atoms with Gasteiger partial charge >= 0.3 is 0 Å². The van der Waals surface area contributed by atoms with Crippen molar-refractivity contribution in [2.75, 3.05) is 0 Å². The summed E-state index contributed by atoms with van der Waals surface area (Å²) in [5, 5.41) is 7.52. The van der Waals surface area contributed by atoms with Crippen molar-refractivity contribution in [3.8, 4) is 0 Å². The summed E-state index contributed by atoms with van der Waals surface area (Å²) in [6, 6.07) is 0. The highest BCUT2D eigenvalue weighted by Crippen LogP contribution is 2.08. The smallest absolute Gasteiger partial charge is 0.0608 e. The minimum absolute atomic E-state index is 0.626. The van der Waals surface area contributed by atoms with E-state index >= 15 is 0 Å². The molecule has 0 radical (unpaired) electrons. The monoisotopic (exact) mass is 147 g/mol. The Morgan fingerprint density at radius 3 is 2.73 bits per heavy atom. The molecule has 0 aliphatic heterocycles. The van der Waals surface area contributed by atoms with Crippen LogP contribution in [0.4, 0.5) is 0 Å². The lowest BCUT2D eigenvalue weighted by atomic mass is 10.0. The predicted octanol–water partition coefficient (Wildman–Crippen LogP) is 2.86. The Labute approximate surface area is 67.6 Å². The number of hydrogen-bond donors (Lipinski definition) is 1. The molecule has 0 heterocycles. The summed E-state index contributed by atoms with van der Waals surface area (Å²) in [6.45, 7) is 2.14. The Kier molecular flexibility index (Phi) is 2.84. The molecule has 0 bridgehead atoms. The molecule has 0 saturated heterocycles. The van der Waals surface area contributed by atoms with Gasteiger partial charge in [-0.15, -0.1) is 0 Å². The van der Waals surface area contributed by atoms with Gasteiger partial charge in [-0.05, 0) is 18.1 Å². The third kappa shape index (κ3) is 2.19. The zero-order valence-electron chi connectivity index (χ0n) is 6.80. The maximum Gasteiger partial charge on any atom is 0.0608 e. The summed E-state index contributed by atoms with van der Waals surface area (Å²) in [4.78, 5) is 0. The van der Waals surface area contributed by atoms with Crippen LogP contribution in [0, 0.1) is 5.41 Å². The van der Waals surface area contributed by atoms with Gasteiger partial charge in [0.05, 0.1) is 5.71 Å². The van der Waals surface area contributed by atoms with Crippen molar-refractivity contribution >= 4 is 5.71 Å². The first-order valence-corrected chi connectivity index (χ1v) is 3.98. The summed E-state index contributed by atoms with van der Waals surface area (Å²) in [5.74, 6) is 0. The van der Waals surface area contributed by atoms with E-state index in [1.54, 1.807) is 0 Å². The van der Waals surface area contributed by atoms with Gasteiger partial charge in [0.1, 0.15) is 0 Å². The van der Waals surface area contributed by atoms with E-state index in [1.165, 1.54) is 0 Å². The molecule has 0 fully saturated rings. The average molecular weight is 147 g/mol. The summed E-state index contributed by atoms with van der Waals surface area (Å²) in [5.41, 5.74) is 1.68. The highest BCUT2D eigenvalue weighted by atomic mass is 14.4. The van der Waals surface area contributed by atoms with Crippen molar-refractivity contribution in [2.45, 2.75) is 19.8 Å². The van der Waals surface area contributed by atoms with Crippen LogP contribution in [0.15, 0.2) is 36.0 Å². The van der Waals surface area contributed by atoms with Crippen molar-refractivity contribution in [3.63, 3.8) is 0 Å². The van der Waals surface area contributed by atoms with E-state index in [9.17, 15) is 0 Å². The Morgan fingerprint density at radius 2 is 2.09 bits per heavy atom. The summed E-state index contributed by atoms with van der Waals surface area (Å²) in [6.07, 6.45) is 12.0. The standard InChI is InChI=1S/C10H13N/c1-2-3-6-9-7-4-5-8-10(9)11/h4-8,11H,2-3H2,1H3/b9-6-,11-10?. The highest BCUT2D eigenvalue weighted by Gasteiger charge is 1.98. The van der Waals surface area contributed by atoms with Gasteiger partial charge in [-0.3, -0.25) is 0 Å². The van der Waals surface area contributed by atoms with Crippen LogP contribution in [-0.4, -0.2) is 5.71 Å². The lowest BCUT2D eigenvalue weighted by Crippen LogP contribution is -1.96. The number of unbranched alkanes of at least 4 members (excludes halogenated alkanes) is 1. The normalized spacial score (nSPS) is 19.7. The fourth-order valence-corrected chi connectivity index (χ4v) is 0.975. The SMILES string of the molecule is CCC/C=C1/C=CC=CC1=N. The first kappa shape index (κ1) is 7.99. The first-order valence-electron chi connectivity index (χ1n) is 3.98. The summed E-state index contributed by atoms with van der Waals surface area (Å²) in [7, 11) is 0. The summed E-state index contributed by atoms with van der Waals surface area (Å²) >= 11 is 0. The Hall–Kier alpha value is -1.11. The van der Waals surface area contributed by atoms with Crippen LogP contribution < -0.4 is 0 Å². The molecule has 0 unspecified atom stereocenters. The Bertz CT molecular complexity index is 231. The molecule has 1 rings (SSSR count). The fraction of sp³-hybridized carbons (Fsp3) is 0.300. The van der Waals surface area contributed by atoms with E-state index in [-0.39, 0.29) is 0 Å². The maximum absolute atomic E-state index is 7.52. The zero-order chi connectivity index (χ0) is 8.10. The van der Waals surface area contributed by atoms with Crippen molar-refractivity contribution < 1.29 is 0 Å². The van der Waals surface area contributed by atoms with E-state index in [0.717, 1.165) is 18.4 Å². The van der Waals surface area contributed by atoms with E-state index < -0.39 is 0 Å². The average Bonchev–Trinajstić information content (AvgIpc) is 2.03. The molecule has 11 heavy (non-hydrogen) atoms. The van der Waals surface area contributed by atoms with Gasteiger partial charge in [-0.1, -0.05) is 37.6 Å². The van der Waals surface area contributed by atoms with Crippen LogP contribution in [0.5, 0.6) is 0 Å². The van der Waals surface area contributed by atoms with Gasteiger partial charge in [0.15, 0.2) is 0 Å². The van der Waals surface area contributed by atoms with E-state index in [4.69, 9.17) is 5.41 Å². The molecular formula is C10H13N. The predicted molar refractivity (Wildman–Crippen MR) is 49.0 cm³/mol. The molecule has 0 aromatic rings. The van der Waals surface area contributed by atoms with E-state index in [0.29, 0.717) is 5.71 Å². The van der Waals surface area contributed by atoms with Crippen LogP contribution in [0.1, 0.15) is 19.8 Å². The molecule has 58 valence electrons. The van der Waals surface area contributed by atoms with Crippen molar-refractivity contribution in [1.82, 2.24) is 0 Å². The van der Waals surface area contributed by atoms with Gasteiger partial charge in [0, 0.05) is 0 Å². The van der Waals surface area contributed by atoms with E-state index in [2.05, 4.69) is 13.0 Å². The maximum atomic E-state index is 7.52. The molecule has 0 spiro atoms. The molecule has 0 atom stereocenters. The molecule has 0 aromatic heterocycles. The number of nitrogens with one attached hydrogen (secondary N) is 1. The molecule has 0 amide bonds. The summed E-state index contributed by atoms with van der Waals surface area (Å²) < 4.78 is 0. The van der Waals surface area contributed by atoms with Crippen LogP contribution in [-0.2, 0) is 0 Å². The highest BCUT2D eigenvalue weighted by molar-refractivity contribution is 6.09. The molecule has 1 aliphatic rings. The topological polar surface area (TPSA) is 23.9 Å². The number of allylic oxidation sites excluding steroid dienone is 6. The molecule has 1 aliphatic carbocycles. The second-order valence-corrected chi connectivity index (χ2v) is 2.58. The van der Waals surface area contributed by atoms with Crippen LogP contribution in [0.25, 0.3) is 0 Å². The van der Waals surface area contributed by atoms with Crippen molar-refractivity contribution in [1.29, 1.82) is 5.41 Å². The molecule has 1 nitrogen and oxygen atoms in total. The van der Waals surface area contributed by atoms with Crippen molar-refractivity contribution in [2.24, 2.45) is 0 Å². The first-order chi connectivity index (χ1) is 5.34. The van der Waals surface area contributed by atoms with E-state index in [1.807, 2.05) is 24.3 Å². The van der Waals surface area contributed by atoms with Gasteiger partial charge < -0.3 is 5.41 Å². The second-order valence-electron chi connectivity index (χ2n) is 2.58. The molecule has 1 N–H and O–H groups in total. The quantitative estimate of drug-likeness (QED) is 0.621. The number of rotatable bonds is 2. The molecular weight excluding hydrogens is 134 g/mol. The van der Waals surface area contributed by atoms with Crippen molar-refractivity contribution in [3.05, 3.63) is 36.0 Å². The lowest BCUT2D eigenvalue weighted by molar-refractivity contribution is 0.956. The largest absolute Gasteiger partial charge is 0.300 e. The lowest BCUT2D eigenvalue weighted by Gasteiger charge is -2.02. The van der Waals surface area contributed by atoms with Gasteiger partial charge in [0.2, 0.25) is 0 Å². The zero-order valence-corrected chi connectivity index (χ0v) is 6.80. The van der Waals surface area contributed by atoms with Crippen LogP contribution in [0.3, 0.4) is 0 Å². The minimum atomic E-state index is 0.626. The Balaban J connectivity index is 2.65. The molecule has 1 heteroatoms. The van der Waals surface area contributed by atoms with Gasteiger partial charge in [-0.25, -0.2) is 0 Å². The Morgan fingerprint density at radius 1 is 1.36 bits per heavy atom. The molecule has 0 aromatic carbocycles. The fourth-order valence-electron chi connectivity index (χ4n) is 0.975. The third-order valence-electron chi connectivity index (χ3n) is 1.61. The van der Waals surface area contributed by atoms with Crippen LogP contribution in [0.2, 0.25) is 0 Å². The van der Waals surface area contributed by atoms with Gasteiger partial charge in [0.25, 0.3) is 0 Å². The third-order valence-corrected chi connectivity index (χ3v) is 1.61. The minimum Gasteiger partial charge on any atom is -0.300 e. The van der Waals surface area contributed by atoms with Gasteiger partial charge in [-0.2, -0.15) is 0 Å². The van der Waals surface area contributed by atoms with Crippen LogP contribution >= 0.6 is 0 Å².